The molecule has 0 radical (unpaired) electrons. The highest BCUT2D eigenvalue weighted by atomic mass is 16.5. The van der Waals surface area contributed by atoms with E-state index in [1.165, 1.54) is 38.2 Å². The lowest BCUT2D eigenvalue weighted by Crippen LogP contribution is -2.18. The van der Waals surface area contributed by atoms with Gasteiger partial charge in [-0.2, -0.15) is 0 Å². The summed E-state index contributed by atoms with van der Waals surface area (Å²) in [5.41, 5.74) is 6.80. The quantitative estimate of drug-likeness (QED) is 0.619. The Labute approximate surface area is 183 Å². The van der Waals surface area contributed by atoms with E-state index in [0.717, 1.165) is 24.2 Å². The lowest BCUT2D eigenvalue weighted by molar-refractivity contribution is -0.111. The molecule has 2 amide bonds. The van der Waals surface area contributed by atoms with Crippen LogP contribution in [0.1, 0.15) is 60.9 Å². The van der Waals surface area contributed by atoms with Gasteiger partial charge in [-0.15, -0.1) is 0 Å². The Balaban J connectivity index is 1.65. The van der Waals surface area contributed by atoms with E-state index in [1.807, 2.05) is 18.2 Å². The van der Waals surface area contributed by atoms with Crippen molar-refractivity contribution < 1.29 is 19.1 Å². The number of methoxy groups -OCH3 is 1. The maximum atomic E-state index is 12.3. The number of rotatable bonds is 7. The van der Waals surface area contributed by atoms with Gasteiger partial charge in [0, 0.05) is 6.08 Å². The number of carbonyl (C=O) groups excluding carboxylic acids is 2. The number of amides is 2. The molecule has 0 spiro atoms. The van der Waals surface area contributed by atoms with Gasteiger partial charge in [0.15, 0.2) is 11.5 Å². The van der Waals surface area contributed by atoms with Gasteiger partial charge < -0.3 is 20.5 Å². The molecule has 0 bridgehead atoms. The zero-order valence-corrected chi connectivity index (χ0v) is 17.9. The summed E-state index contributed by atoms with van der Waals surface area (Å²) in [4.78, 5) is 23.8. The van der Waals surface area contributed by atoms with Crippen molar-refractivity contribution in [3.8, 4) is 11.5 Å². The van der Waals surface area contributed by atoms with Gasteiger partial charge in [0.1, 0.15) is 0 Å². The van der Waals surface area contributed by atoms with E-state index < -0.39 is 5.91 Å². The Bertz CT molecular complexity index is 931. The fourth-order valence-corrected chi connectivity index (χ4v) is 3.75. The highest BCUT2D eigenvalue weighted by Crippen LogP contribution is 2.31. The molecular weight excluding hydrogens is 392 g/mol. The third-order valence-electron chi connectivity index (χ3n) is 5.41. The number of anilines is 1. The number of hydrogen-bond acceptors (Lipinski definition) is 4. The van der Waals surface area contributed by atoms with E-state index in [4.69, 9.17) is 15.2 Å². The van der Waals surface area contributed by atoms with Crippen molar-refractivity contribution in [3.63, 3.8) is 0 Å². The molecule has 0 unspecified atom stereocenters. The van der Waals surface area contributed by atoms with Gasteiger partial charge in [-0.05, 0) is 61.6 Å². The van der Waals surface area contributed by atoms with Crippen molar-refractivity contribution in [2.75, 3.05) is 12.4 Å². The van der Waals surface area contributed by atoms with Crippen LogP contribution in [0.4, 0.5) is 5.69 Å². The fourth-order valence-electron chi connectivity index (χ4n) is 3.75. The van der Waals surface area contributed by atoms with Crippen LogP contribution >= 0.6 is 0 Å². The molecule has 6 heteroatoms. The molecule has 3 N–H and O–H groups in total. The maximum Gasteiger partial charge on any atom is 0.250 e. The predicted octanol–water partition coefficient (Wildman–Crippen LogP) is 4.94. The van der Waals surface area contributed by atoms with Crippen LogP contribution in [0.2, 0.25) is 0 Å². The lowest BCUT2D eigenvalue weighted by Gasteiger charge is -2.22. The van der Waals surface area contributed by atoms with Crippen molar-refractivity contribution in [3.05, 3.63) is 59.7 Å². The summed E-state index contributed by atoms with van der Waals surface area (Å²) in [7, 11) is 1.61. The second-order valence-corrected chi connectivity index (χ2v) is 7.73. The monoisotopic (exact) mass is 422 g/mol. The third kappa shape index (κ3) is 6.60. The van der Waals surface area contributed by atoms with Crippen molar-refractivity contribution in [2.24, 2.45) is 5.73 Å². The summed E-state index contributed by atoms with van der Waals surface area (Å²) in [6.07, 6.45) is 11.7. The van der Waals surface area contributed by atoms with Gasteiger partial charge in [-0.3, -0.25) is 9.59 Å². The molecule has 0 aliphatic heterocycles. The number of para-hydroxylation sites is 1. The Morgan fingerprint density at radius 1 is 1.00 bits per heavy atom. The molecule has 3 rings (SSSR count). The van der Waals surface area contributed by atoms with Gasteiger partial charge in [0.2, 0.25) is 5.91 Å². The third-order valence-corrected chi connectivity index (χ3v) is 5.41. The normalized spacial score (nSPS) is 15.1. The number of ether oxygens (including phenoxy) is 2. The zero-order chi connectivity index (χ0) is 22.1. The second kappa shape index (κ2) is 11.2. The Hall–Kier alpha value is -3.28. The SMILES string of the molecule is COc1cc(/C=C/C(=O)Nc2ccccc2C(N)=O)ccc1OC1CCCCCCC1. The van der Waals surface area contributed by atoms with Crippen LogP contribution in [0.25, 0.3) is 6.08 Å². The van der Waals surface area contributed by atoms with Gasteiger partial charge >= 0.3 is 0 Å². The molecule has 6 nitrogen and oxygen atoms in total. The number of benzene rings is 2. The number of carbonyl (C=O) groups is 2. The lowest BCUT2D eigenvalue weighted by atomic mass is 9.98. The van der Waals surface area contributed by atoms with Crippen LogP contribution in [0.5, 0.6) is 11.5 Å². The van der Waals surface area contributed by atoms with Gasteiger partial charge in [0.25, 0.3) is 5.91 Å². The van der Waals surface area contributed by atoms with E-state index >= 15 is 0 Å². The summed E-state index contributed by atoms with van der Waals surface area (Å²) in [6.45, 7) is 0. The predicted molar refractivity (Wildman–Crippen MR) is 122 cm³/mol. The molecule has 2 aromatic carbocycles. The molecule has 1 saturated carbocycles. The van der Waals surface area contributed by atoms with E-state index in [9.17, 15) is 9.59 Å². The topological polar surface area (TPSA) is 90.6 Å². The van der Waals surface area contributed by atoms with E-state index in [0.29, 0.717) is 11.4 Å². The molecule has 1 fully saturated rings. The van der Waals surface area contributed by atoms with Crippen LogP contribution < -0.4 is 20.5 Å². The molecular formula is C25H30N2O4. The Morgan fingerprint density at radius 3 is 2.42 bits per heavy atom. The smallest absolute Gasteiger partial charge is 0.250 e. The van der Waals surface area contributed by atoms with E-state index in [1.54, 1.807) is 37.5 Å². The standard InChI is InChI=1S/C25H30N2O4/c1-30-23-17-18(13-15-22(23)31-19-9-5-3-2-4-6-10-19)14-16-24(28)27-21-12-8-7-11-20(21)25(26)29/h7-8,11-17,19H,2-6,9-10H2,1H3,(H2,26,29)(H,27,28)/b16-14+. The van der Waals surface area contributed by atoms with Crippen molar-refractivity contribution >= 4 is 23.6 Å². The number of nitrogens with one attached hydrogen (secondary N) is 1. The van der Waals surface area contributed by atoms with Crippen molar-refractivity contribution in [1.29, 1.82) is 0 Å². The highest BCUT2D eigenvalue weighted by molar-refractivity contribution is 6.07. The molecule has 31 heavy (non-hydrogen) atoms. The molecule has 2 aromatic rings. The first-order chi connectivity index (χ1) is 15.1. The molecule has 0 heterocycles. The fraction of sp³-hybridized carbons (Fsp3) is 0.360. The van der Waals surface area contributed by atoms with E-state index in [2.05, 4.69) is 5.32 Å². The number of primary amides is 1. The van der Waals surface area contributed by atoms with E-state index in [-0.39, 0.29) is 17.6 Å². The maximum absolute atomic E-state index is 12.3. The molecule has 1 aliphatic carbocycles. The van der Waals surface area contributed by atoms with Crippen LogP contribution in [-0.2, 0) is 4.79 Å². The summed E-state index contributed by atoms with van der Waals surface area (Å²) in [6, 6.07) is 12.3. The van der Waals surface area contributed by atoms with Crippen LogP contribution in [0.3, 0.4) is 0 Å². The summed E-state index contributed by atoms with van der Waals surface area (Å²) in [5.74, 6) is 0.417. The molecule has 0 aromatic heterocycles. The second-order valence-electron chi connectivity index (χ2n) is 7.73. The van der Waals surface area contributed by atoms with Gasteiger partial charge in [0.05, 0.1) is 24.5 Å². The Kier molecular flexibility index (Phi) is 8.10. The minimum absolute atomic E-state index is 0.215. The highest BCUT2D eigenvalue weighted by Gasteiger charge is 2.15. The minimum atomic E-state index is -0.593. The average Bonchev–Trinajstić information content (AvgIpc) is 2.75. The first kappa shape index (κ1) is 22.4. The van der Waals surface area contributed by atoms with Crippen LogP contribution in [0.15, 0.2) is 48.5 Å². The average molecular weight is 423 g/mol. The zero-order valence-electron chi connectivity index (χ0n) is 17.9. The van der Waals surface area contributed by atoms with Gasteiger partial charge in [-0.1, -0.05) is 37.5 Å². The van der Waals surface area contributed by atoms with Crippen LogP contribution in [-0.4, -0.2) is 25.0 Å². The molecule has 0 saturated heterocycles. The summed E-state index contributed by atoms with van der Waals surface area (Å²) in [5, 5.41) is 2.68. The molecule has 164 valence electrons. The number of nitrogens with two attached hydrogens (primary N) is 1. The first-order valence-electron chi connectivity index (χ1n) is 10.8. The largest absolute Gasteiger partial charge is 0.493 e. The van der Waals surface area contributed by atoms with Crippen molar-refractivity contribution in [2.45, 2.75) is 51.0 Å². The number of hydrogen-bond donors (Lipinski definition) is 2. The Morgan fingerprint density at radius 2 is 1.71 bits per heavy atom. The van der Waals surface area contributed by atoms with Crippen LogP contribution in [0, 0.1) is 0 Å². The first-order valence-corrected chi connectivity index (χ1v) is 10.8. The summed E-state index contributed by atoms with van der Waals surface area (Å²) >= 11 is 0. The van der Waals surface area contributed by atoms with Crippen molar-refractivity contribution in [1.82, 2.24) is 0 Å². The van der Waals surface area contributed by atoms with Gasteiger partial charge in [-0.25, -0.2) is 0 Å². The minimum Gasteiger partial charge on any atom is -0.493 e. The molecule has 0 atom stereocenters. The summed E-state index contributed by atoms with van der Waals surface area (Å²) < 4.78 is 11.8. The molecule has 1 aliphatic rings.